The van der Waals surface area contributed by atoms with Crippen molar-refractivity contribution in [1.82, 2.24) is 0 Å². The van der Waals surface area contributed by atoms with Crippen LogP contribution in [0.4, 0.5) is 0 Å². The molecule has 0 spiro atoms. The topological polar surface area (TPSA) is 49.7 Å². The van der Waals surface area contributed by atoms with Gasteiger partial charge in [-0.15, -0.1) is 0 Å². The first-order valence-electron chi connectivity index (χ1n) is 6.35. The van der Waals surface area contributed by atoms with E-state index in [1.54, 1.807) is 13.0 Å². The monoisotopic (exact) mass is 256 g/mol. The maximum absolute atomic E-state index is 11.1. The Kier molecular flexibility index (Phi) is 2.81. The number of hydrogen-bond donors (Lipinski definition) is 2. The molecule has 3 rings (SSSR count). The van der Waals surface area contributed by atoms with Gasteiger partial charge in [-0.05, 0) is 24.1 Å². The summed E-state index contributed by atoms with van der Waals surface area (Å²) >= 11 is 0. The van der Waals surface area contributed by atoms with Gasteiger partial charge in [0.2, 0.25) is 0 Å². The van der Waals surface area contributed by atoms with Crippen LogP contribution in [0.25, 0.3) is 0 Å². The van der Waals surface area contributed by atoms with E-state index < -0.39 is 11.7 Å². The molecule has 19 heavy (non-hydrogen) atoms. The van der Waals surface area contributed by atoms with Gasteiger partial charge in [0.25, 0.3) is 0 Å². The summed E-state index contributed by atoms with van der Waals surface area (Å²) in [6.45, 7) is 1.99. The summed E-state index contributed by atoms with van der Waals surface area (Å²) in [7, 11) is 0. The highest BCUT2D eigenvalue weighted by atomic mass is 16.5. The molecule has 1 heterocycles. The van der Waals surface area contributed by atoms with Gasteiger partial charge in [0.05, 0.1) is 6.10 Å². The first kappa shape index (κ1) is 12.2. The van der Waals surface area contributed by atoms with Crippen molar-refractivity contribution >= 4 is 0 Å². The first-order chi connectivity index (χ1) is 9.14. The van der Waals surface area contributed by atoms with E-state index >= 15 is 0 Å². The molecule has 0 aromatic heterocycles. The summed E-state index contributed by atoms with van der Waals surface area (Å²) in [6, 6.07) is 14.8. The molecule has 2 N–H and O–H groups in total. The van der Waals surface area contributed by atoms with Crippen molar-refractivity contribution in [2.24, 2.45) is 0 Å². The van der Waals surface area contributed by atoms with Gasteiger partial charge < -0.3 is 14.9 Å². The number of hydrogen-bond acceptors (Lipinski definition) is 3. The van der Waals surface area contributed by atoms with E-state index in [1.165, 1.54) is 0 Å². The molecule has 2 atom stereocenters. The normalized spacial score (nSPS) is 22.7. The van der Waals surface area contributed by atoms with E-state index in [-0.39, 0.29) is 0 Å². The van der Waals surface area contributed by atoms with Crippen LogP contribution >= 0.6 is 0 Å². The zero-order valence-corrected chi connectivity index (χ0v) is 10.7. The summed E-state index contributed by atoms with van der Waals surface area (Å²) in [5.41, 5.74) is 0.760. The molecule has 1 aliphatic rings. The van der Waals surface area contributed by atoms with Crippen molar-refractivity contribution in [1.29, 1.82) is 0 Å². The Hall–Kier alpha value is -1.84. The second-order valence-corrected chi connectivity index (χ2v) is 4.88. The van der Waals surface area contributed by atoms with Gasteiger partial charge >= 0.3 is 0 Å². The lowest BCUT2D eigenvalue weighted by Gasteiger charge is -2.32. The molecule has 2 aromatic rings. The number of ether oxygens (including phenoxy) is 1. The van der Waals surface area contributed by atoms with Crippen LogP contribution in [0.15, 0.2) is 48.5 Å². The van der Waals surface area contributed by atoms with E-state index in [0.29, 0.717) is 23.5 Å². The lowest BCUT2D eigenvalue weighted by Crippen LogP contribution is -2.39. The van der Waals surface area contributed by atoms with Crippen LogP contribution in [-0.2, 0) is 12.2 Å². The zero-order valence-electron chi connectivity index (χ0n) is 10.7. The van der Waals surface area contributed by atoms with Gasteiger partial charge in [-0.2, -0.15) is 0 Å². The third kappa shape index (κ3) is 1.74. The number of rotatable bonds is 1. The fourth-order valence-corrected chi connectivity index (χ4v) is 2.68. The van der Waals surface area contributed by atoms with E-state index in [1.807, 2.05) is 42.5 Å². The first-order valence-corrected chi connectivity index (χ1v) is 6.35. The lowest BCUT2D eigenvalue weighted by atomic mass is 9.80. The average Bonchev–Trinajstić information content (AvgIpc) is 2.56. The second kappa shape index (κ2) is 4.37. The van der Waals surface area contributed by atoms with Gasteiger partial charge in [0.1, 0.15) is 18.0 Å². The SMILES string of the molecule is CC(O)C1(O)c2ccccc2COc2ccccc21. The summed E-state index contributed by atoms with van der Waals surface area (Å²) < 4.78 is 5.75. The lowest BCUT2D eigenvalue weighted by molar-refractivity contribution is -0.0397. The molecule has 0 saturated heterocycles. The van der Waals surface area contributed by atoms with E-state index in [4.69, 9.17) is 4.74 Å². The molecular weight excluding hydrogens is 240 g/mol. The van der Waals surface area contributed by atoms with Crippen molar-refractivity contribution in [2.45, 2.75) is 25.2 Å². The van der Waals surface area contributed by atoms with Crippen molar-refractivity contribution in [3.8, 4) is 5.75 Å². The Morgan fingerprint density at radius 3 is 2.42 bits per heavy atom. The molecule has 2 aromatic carbocycles. The number of benzene rings is 2. The molecule has 0 fully saturated rings. The molecule has 98 valence electrons. The van der Waals surface area contributed by atoms with Crippen molar-refractivity contribution in [2.75, 3.05) is 0 Å². The maximum Gasteiger partial charge on any atom is 0.144 e. The summed E-state index contributed by atoms with van der Waals surface area (Å²) in [5.74, 6) is 0.613. The number of fused-ring (bicyclic) bond motifs is 2. The van der Waals surface area contributed by atoms with Crippen LogP contribution in [0.3, 0.4) is 0 Å². The number of para-hydroxylation sites is 1. The second-order valence-electron chi connectivity index (χ2n) is 4.88. The molecular formula is C16H16O3. The van der Waals surface area contributed by atoms with Crippen LogP contribution < -0.4 is 4.74 Å². The predicted octanol–water partition coefficient (Wildman–Crippen LogP) is 2.20. The van der Waals surface area contributed by atoms with Gasteiger partial charge in [-0.3, -0.25) is 0 Å². The Balaban J connectivity index is 2.32. The predicted molar refractivity (Wildman–Crippen MR) is 71.9 cm³/mol. The average molecular weight is 256 g/mol. The molecule has 0 saturated carbocycles. The fraction of sp³-hybridized carbons (Fsp3) is 0.250. The quantitative estimate of drug-likeness (QED) is 0.822. The minimum atomic E-state index is -1.44. The Morgan fingerprint density at radius 1 is 1.05 bits per heavy atom. The third-order valence-corrected chi connectivity index (χ3v) is 3.71. The van der Waals surface area contributed by atoms with Crippen LogP contribution in [0.2, 0.25) is 0 Å². The van der Waals surface area contributed by atoms with E-state index in [0.717, 1.165) is 5.56 Å². The molecule has 1 aliphatic heterocycles. The van der Waals surface area contributed by atoms with Gasteiger partial charge in [-0.25, -0.2) is 0 Å². The molecule has 0 amide bonds. The minimum Gasteiger partial charge on any atom is -0.488 e. The highest BCUT2D eigenvalue weighted by Gasteiger charge is 2.42. The molecule has 3 heteroatoms. The highest BCUT2D eigenvalue weighted by molar-refractivity contribution is 5.50. The Bertz CT molecular complexity index is 557. The molecule has 0 radical (unpaired) electrons. The van der Waals surface area contributed by atoms with Crippen LogP contribution in [0.1, 0.15) is 23.6 Å². The van der Waals surface area contributed by atoms with Crippen molar-refractivity contribution in [3.63, 3.8) is 0 Å². The van der Waals surface area contributed by atoms with Gasteiger partial charge in [-0.1, -0.05) is 42.5 Å². The van der Waals surface area contributed by atoms with Crippen molar-refractivity contribution in [3.05, 3.63) is 65.2 Å². The Labute approximate surface area is 112 Å². The van der Waals surface area contributed by atoms with Gasteiger partial charge in [0, 0.05) is 5.56 Å². The van der Waals surface area contributed by atoms with E-state index in [9.17, 15) is 10.2 Å². The highest BCUT2D eigenvalue weighted by Crippen LogP contribution is 2.42. The molecule has 0 aliphatic carbocycles. The Morgan fingerprint density at radius 2 is 1.68 bits per heavy atom. The maximum atomic E-state index is 11.1. The smallest absolute Gasteiger partial charge is 0.144 e. The number of aliphatic hydroxyl groups is 2. The van der Waals surface area contributed by atoms with Crippen molar-refractivity contribution < 1.29 is 14.9 Å². The number of aliphatic hydroxyl groups excluding tert-OH is 1. The minimum absolute atomic E-state index is 0.391. The zero-order chi connectivity index (χ0) is 13.5. The summed E-state index contributed by atoms with van der Waals surface area (Å²) in [6.07, 6.45) is -0.934. The molecule has 0 bridgehead atoms. The summed E-state index contributed by atoms with van der Waals surface area (Å²) in [5, 5.41) is 21.3. The largest absolute Gasteiger partial charge is 0.488 e. The molecule has 2 unspecified atom stereocenters. The van der Waals surface area contributed by atoms with Crippen LogP contribution in [0, 0.1) is 0 Å². The van der Waals surface area contributed by atoms with E-state index in [2.05, 4.69) is 0 Å². The van der Waals surface area contributed by atoms with Crippen LogP contribution in [-0.4, -0.2) is 16.3 Å². The summed E-state index contributed by atoms with van der Waals surface area (Å²) in [4.78, 5) is 0. The molecule has 3 nitrogen and oxygen atoms in total. The van der Waals surface area contributed by atoms with Crippen LogP contribution in [0.5, 0.6) is 5.75 Å². The van der Waals surface area contributed by atoms with Gasteiger partial charge in [0.15, 0.2) is 0 Å². The standard InChI is InChI=1S/C16H16O3/c1-11(17)16(18)13-7-3-2-6-12(13)10-19-15-9-5-4-8-14(15)16/h2-9,11,17-18H,10H2,1H3. The third-order valence-electron chi connectivity index (χ3n) is 3.71. The fourth-order valence-electron chi connectivity index (χ4n) is 2.68.